The molecule has 0 bridgehead atoms. The second-order valence-electron chi connectivity index (χ2n) is 4.49. The van der Waals surface area contributed by atoms with E-state index >= 15 is 0 Å². The van der Waals surface area contributed by atoms with Gasteiger partial charge in [0.1, 0.15) is 5.72 Å². The Hall–Kier alpha value is -0.120. The third-order valence-electron chi connectivity index (χ3n) is 3.35. The Labute approximate surface area is 80.0 Å². The van der Waals surface area contributed by atoms with Crippen LogP contribution in [0.25, 0.3) is 0 Å². The van der Waals surface area contributed by atoms with Gasteiger partial charge in [-0.15, -0.1) is 0 Å². The summed E-state index contributed by atoms with van der Waals surface area (Å²) < 4.78 is 11.4. The standard InChI is InChI=1S/C10H19NO2/c1-10(2)11(3)8(7-13-10)9-5-4-6-12-9/h8-9H,4-7H2,1-3H3/t8-,9?/m1/s1. The number of rotatable bonds is 1. The van der Waals surface area contributed by atoms with E-state index in [-0.39, 0.29) is 5.72 Å². The molecule has 2 aliphatic heterocycles. The molecule has 2 atom stereocenters. The molecule has 2 heterocycles. The highest BCUT2D eigenvalue weighted by Crippen LogP contribution is 2.30. The molecule has 3 heteroatoms. The molecule has 1 unspecified atom stereocenters. The van der Waals surface area contributed by atoms with Crippen molar-refractivity contribution < 1.29 is 9.47 Å². The Balaban J connectivity index is 2.01. The molecule has 2 fully saturated rings. The van der Waals surface area contributed by atoms with Crippen LogP contribution in [0.2, 0.25) is 0 Å². The van der Waals surface area contributed by atoms with E-state index in [1.165, 1.54) is 12.8 Å². The van der Waals surface area contributed by atoms with Gasteiger partial charge in [-0.3, -0.25) is 4.90 Å². The Morgan fingerprint density at radius 3 is 2.62 bits per heavy atom. The predicted octanol–water partition coefficient (Wildman–Crippen LogP) is 1.23. The molecule has 13 heavy (non-hydrogen) atoms. The maximum Gasteiger partial charge on any atom is 0.116 e. The van der Waals surface area contributed by atoms with E-state index in [2.05, 4.69) is 25.8 Å². The quantitative estimate of drug-likeness (QED) is 0.613. The summed E-state index contributed by atoms with van der Waals surface area (Å²) in [7, 11) is 2.12. The molecule has 0 aliphatic carbocycles. The Bertz CT molecular complexity index is 187. The van der Waals surface area contributed by atoms with E-state index in [1.54, 1.807) is 0 Å². The van der Waals surface area contributed by atoms with Crippen LogP contribution in [0.15, 0.2) is 0 Å². The topological polar surface area (TPSA) is 21.7 Å². The van der Waals surface area contributed by atoms with Crippen LogP contribution in [0.3, 0.4) is 0 Å². The molecule has 2 rings (SSSR count). The van der Waals surface area contributed by atoms with Gasteiger partial charge in [-0.05, 0) is 33.7 Å². The molecule has 0 aromatic carbocycles. The zero-order chi connectivity index (χ0) is 9.47. The monoisotopic (exact) mass is 185 g/mol. The fourth-order valence-corrected chi connectivity index (χ4v) is 2.17. The fraction of sp³-hybridized carbons (Fsp3) is 1.00. The van der Waals surface area contributed by atoms with Crippen molar-refractivity contribution in [3.8, 4) is 0 Å². The molecule has 0 spiro atoms. The van der Waals surface area contributed by atoms with E-state index < -0.39 is 0 Å². The summed E-state index contributed by atoms with van der Waals surface area (Å²) in [6.45, 7) is 5.97. The highest BCUT2D eigenvalue weighted by atomic mass is 16.5. The van der Waals surface area contributed by atoms with Gasteiger partial charge in [-0.2, -0.15) is 0 Å². The van der Waals surface area contributed by atoms with Crippen LogP contribution in [0.4, 0.5) is 0 Å². The summed E-state index contributed by atoms with van der Waals surface area (Å²) in [5.41, 5.74) is -0.114. The first-order chi connectivity index (χ1) is 6.11. The molecule has 0 radical (unpaired) electrons. The second kappa shape index (κ2) is 3.23. The van der Waals surface area contributed by atoms with Crippen LogP contribution >= 0.6 is 0 Å². The molecule has 3 nitrogen and oxygen atoms in total. The van der Waals surface area contributed by atoms with Crippen molar-refractivity contribution in [2.45, 2.75) is 44.6 Å². The van der Waals surface area contributed by atoms with Gasteiger partial charge in [-0.25, -0.2) is 0 Å². The highest BCUT2D eigenvalue weighted by Gasteiger charge is 2.42. The normalized spacial score (nSPS) is 39.9. The van der Waals surface area contributed by atoms with Crippen molar-refractivity contribution in [3.05, 3.63) is 0 Å². The van der Waals surface area contributed by atoms with E-state index in [1.807, 2.05) is 0 Å². The number of ether oxygens (including phenoxy) is 2. The summed E-state index contributed by atoms with van der Waals surface area (Å²) in [5, 5.41) is 0. The van der Waals surface area contributed by atoms with Gasteiger partial charge in [0.2, 0.25) is 0 Å². The second-order valence-corrected chi connectivity index (χ2v) is 4.49. The lowest BCUT2D eigenvalue weighted by molar-refractivity contribution is -0.0472. The van der Waals surface area contributed by atoms with Crippen molar-refractivity contribution in [1.82, 2.24) is 4.90 Å². The average Bonchev–Trinajstić information content (AvgIpc) is 2.63. The van der Waals surface area contributed by atoms with E-state index in [0.717, 1.165) is 13.2 Å². The van der Waals surface area contributed by atoms with Gasteiger partial charge in [0.05, 0.1) is 18.8 Å². The summed E-state index contributed by atoms with van der Waals surface area (Å²) in [5.74, 6) is 0. The van der Waals surface area contributed by atoms with E-state index in [0.29, 0.717) is 12.1 Å². The Morgan fingerprint density at radius 1 is 1.38 bits per heavy atom. The molecule has 0 N–H and O–H groups in total. The van der Waals surface area contributed by atoms with Crippen LogP contribution in [0, 0.1) is 0 Å². The molecule has 0 amide bonds. The van der Waals surface area contributed by atoms with Crippen molar-refractivity contribution in [1.29, 1.82) is 0 Å². The fourth-order valence-electron chi connectivity index (χ4n) is 2.17. The third kappa shape index (κ3) is 1.60. The number of nitrogens with zero attached hydrogens (tertiary/aromatic N) is 1. The lowest BCUT2D eigenvalue weighted by Gasteiger charge is -2.31. The van der Waals surface area contributed by atoms with Gasteiger partial charge in [0.15, 0.2) is 0 Å². The zero-order valence-corrected chi connectivity index (χ0v) is 8.75. The van der Waals surface area contributed by atoms with Gasteiger partial charge < -0.3 is 9.47 Å². The lowest BCUT2D eigenvalue weighted by Crippen LogP contribution is -2.45. The summed E-state index contributed by atoms with van der Waals surface area (Å²) in [6, 6.07) is 0.456. The Kier molecular flexibility index (Phi) is 2.34. The molecular formula is C10H19NO2. The van der Waals surface area contributed by atoms with Crippen LogP contribution in [0.1, 0.15) is 26.7 Å². The molecule has 2 aliphatic rings. The molecule has 0 saturated carbocycles. The van der Waals surface area contributed by atoms with Gasteiger partial charge in [0, 0.05) is 6.61 Å². The minimum Gasteiger partial charge on any atom is -0.376 e. The van der Waals surface area contributed by atoms with Gasteiger partial charge in [-0.1, -0.05) is 0 Å². The van der Waals surface area contributed by atoms with Crippen molar-refractivity contribution in [2.24, 2.45) is 0 Å². The number of likely N-dealkylation sites (N-methyl/N-ethyl adjacent to an activating group) is 1. The van der Waals surface area contributed by atoms with Crippen LogP contribution in [0.5, 0.6) is 0 Å². The highest BCUT2D eigenvalue weighted by molar-refractivity contribution is 4.90. The summed E-state index contributed by atoms with van der Waals surface area (Å²) >= 11 is 0. The molecule has 0 aromatic rings. The summed E-state index contributed by atoms with van der Waals surface area (Å²) in [4.78, 5) is 2.29. The molecule has 2 saturated heterocycles. The molecule has 76 valence electrons. The number of hydrogen-bond donors (Lipinski definition) is 0. The Morgan fingerprint density at radius 2 is 2.15 bits per heavy atom. The average molecular weight is 185 g/mol. The predicted molar refractivity (Wildman–Crippen MR) is 50.6 cm³/mol. The van der Waals surface area contributed by atoms with Gasteiger partial charge >= 0.3 is 0 Å². The van der Waals surface area contributed by atoms with Crippen LogP contribution in [-0.2, 0) is 9.47 Å². The third-order valence-corrected chi connectivity index (χ3v) is 3.35. The first kappa shape index (κ1) is 9.44. The largest absolute Gasteiger partial charge is 0.376 e. The van der Waals surface area contributed by atoms with Crippen molar-refractivity contribution in [2.75, 3.05) is 20.3 Å². The van der Waals surface area contributed by atoms with E-state index in [9.17, 15) is 0 Å². The summed E-state index contributed by atoms with van der Waals surface area (Å²) in [6.07, 6.45) is 2.79. The minimum atomic E-state index is -0.114. The zero-order valence-electron chi connectivity index (χ0n) is 8.75. The van der Waals surface area contributed by atoms with Crippen molar-refractivity contribution in [3.63, 3.8) is 0 Å². The lowest BCUT2D eigenvalue weighted by atomic mass is 10.1. The van der Waals surface area contributed by atoms with E-state index in [4.69, 9.17) is 9.47 Å². The SMILES string of the molecule is CN1[C@@H](C2CCCO2)COC1(C)C. The first-order valence-corrected chi connectivity index (χ1v) is 5.10. The van der Waals surface area contributed by atoms with Crippen LogP contribution < -0.4 is 0 Å². The molecule has 0 aromatic heterocycles. The van der Waals surface area contributed by atoms with Crippen molar-refractivity contribution >= 4 is 0 Å². The maximum atomic E-state index is 5.72. The van der Waals surface area contributed by atoms with Crippen LogP contribution in [-0.4, -0.2) is 43.0 Å². The smallest absolute Gasteiger partial charge is 0.116 e. The first-order valence-electron chi connectivity index (χ1n) is 5.10. The van der Waals surface area contributed by atoms with Gasteiger partial charge in [0.25, 0.3) is 0 Å². The maximum absolute atomic E-state index is 5.72. The minimum absolute atomic E-state index is 0.114. The molecular weight excluding hydrogens is 166 g/mol. The number of hydrogen-bond acceptors (Lipinski definition) is 3.